The molecule has 0 aliphatic rings. The first-order valence-corrected chi connectivity index (χ1v) is 11.2. The van der Waals surface area contributed by atoms with Crippen molar-refractivity contribution >= 4 is 47.3 Å². The zero-order valence-corrected chi connectivity index (χ0v) is 19.2. The molecule has 13 heteroatoms. The van der Waals surface area contributed by atoms with Crippen LogP contribution in [0, 0.1) is 0 Å². The summed E-state index contributed by atoms with van der Waals surface area (Å²) in [5, 5.41) is 29.4. The molecule has 1 rings (SSSR count). The molecule has 1 aromatic carbocycles. The molecule has 3 amide bonds. The number of nitrogens with one attached hydrogen (secondary N) is 2. The molecular formula is C21H29N5O7S. The number of carboxylic acids is 2. The van der Waals surface area contributed by atoms with Crippen molar-refractivity contribution < 1.29 is 34.2 Å². The Morgan fingerprint density at radius 1 is 0.882 bits per heavy atom. The van der Waals surface area contributed by atoms with Crippen molar-refractivity contribution in [3.63, 3.8) is 0 Å². The van der Waals surface area contributed by atoms with Gasteiger partial charge in [-0.3, -0.25) is 29.1 Å². The van der Waals surface area contributed by atoms with Gasteiger partial charge in [-0.1, -0.05) is 36.2 Å². The van der Waals surface area contributed by atoms with E-state index in [1.165, 1.54) is 0 Å². The van der Waals surface area contributed by atoms with E-state index in [2.05, 4.69) is 10.6 Å². The van der Waals surface area contributed by atoms with Crippen molar-refractivity contribution in [3.05, 3.63) is 40.8 Å². The van der Waals surface area contributed by atoms with Gasteiger partial charge in [-0.05, 0) is 30.4 Å². The van der Waals surface area contributed by atoms with Gasteiger partial charge in [0.25, 0.3) is 0 Å². The summed E-state index contributed by atoms with van der Waals surface area (Å²) in [6, 6.07) is 4.62. The van der Waals surface area contributed by atoms with Crippen molar-refractivity contribution in [3.8, 4) is 0 Å². The molecule has 0 heterocycles. The average molecular weight is 496 g/mol. The highest BCUT2D eigenvalue weighted by Crippen LogP contribution is 2.14. The van der Waals surface area contributed by atoms with Crippen LogP contribution in [0.15, 0.2) is 29.7 Å². The van der Waals surface area contributed by atoms with E-state index >= 15 is 0 Å². The van der Waals surface area contributed by atoms with Gasteiger partial charge in [-0.25, -0.2) is 0 Å². The van der Waals surface area contributed by atoms with Crippen LogP contribution in [0.1, 0.15) is 43.2 Å². The third-order valence-electron chi connectivity index (χ3n) is 4.73. The Balaban J connectivity index is 2.76. The highest BCUT2D eigenvalue weighted by molar-refractivity contribution is 8.00. The Kier molecular flexibility index (Phi) is 12.2. The number of nitrogens with two attached hydrogens (primary N) is 3. The number of hydrogen-bond donors (Lipinski definition) is 7. The lowest BCUT2D eigenvalue weighted by Gasteiger charge is -2.21. The number of benzene rings is 1. The first-order valence-electron chi connectivity index (χ1n) is 10.3. The topological polar surface area (TPSA) is 228 Å². The number of carbonyl (C=O) groups excluding carboxylic acids is 3. The van der Waals surface area contributed by atoms with Gasteiger partial charge >= 0.3 is 11.9 Å². The molecule has 0 saturated heterocycles. The normalized spacial score (nSPS) is 12.9. The maximum atomic E-state index is 12.6. The molecular weight excluding hydrogens is 466 g/mol. The highest BCUT2D eigenvalue weighted by atomic mass is 32.2. The Labute approximate surface area is 200 Å². The van der Waals surface area contributed by atoms with Crippen molar-refractivity contribution in [2.24, 2.45) is 16.6 Å². The first-order chi connectivity index (χ1) is 16.0. The van der Waals surface area contributed by atoms with E-state index in [9.17, 15) is 24.0 Å². The zero-order valence-electron chi connectivity index (χ0n) is 18.4. The predicted molar refractivity (Wildman–Crippen MR) is 126 cm³/mol. The smallest absolute Gasteiger partial charge is 0.303 e. The maximum Gasteiger partial charge on any atom is 0.303 e. The molecule has 12 nitrogen and oxygen atoms in total. The Hall–Kier alpha value is -3.58. The van der Waals surface area contributed by atoms with Gasteiger partial charge in [0.1, 0.15) is 12.1 Å². The molecule has 0 aliphatic heterocycles. The summed E-state index contributed by atoms with van der Waals surface area (Å²) in [5.41, 5.74) is 13.2. The summed E-state index contributed by atoms with van der Waals surface area (Å²) >= 11 is 0.984. The van der Waals surface area contributed by atoms with Crippen LogP contribution in [0.5, 0.6) is 0 Å². The summed E-state index contributed by atoms with van der Waals surface area (Å²) < 4.78 is 0. The molecule has 0 bridgehead atoms. The SMILES string of the molecule is NS/C=C(\N)c1ccc(CCC(=O)NC(CCC(=O)O)C(=O)N[C@@H](CCC(=O)O)C(N)=O)cc1. The van der Waals surface area contributed by atoms with Gasteiger partial charge in [0.15, 0.2) is 0 Å². The monoisotopic (exact) mass is 495 g/mol. The van der Waals surface area contributed by atoms with E-state index in [4.69, 9.17) is 26.8 Å². The molecule has 0 spiro atoms. The number of rotatable bonds is 15. The number of hydrogen-bond acceptors (Lipinski definition) is 8. The summed E-state index contributed by atoms with van der Waals surface area (Å²) in [7, 11) is 0. The van der Waals surface area contributed by atoms with E-state index in [-0.39, 0.29) is 19.3 Å². The van der Waals surface area contributed by atoms with Crippen molar-refractivity contribution in [2.45, 2.75) is 50.6 Å². The third kappa shape index (κ3) is 10.8. The molecule has 2 atom stereocenters. The minimum Gasteiger partial charge on any atom is -0.481 e. The summed E-state index contributed by atoms with van der Waals surface area (Å²) in [6.07, 6.45) is -0.931. The number of aliphatic carboxylic acids is 2. The van der Waals surface area contributed by atoms with E-state index in [0.717, 1.165) is 23.1 Å². The van der Waals surface area contributed by atoms with E-state index in [0.29, 0.717) is 12.1 Å². The largest absolute Gasteiger partial charge is 0.481 e. The van der Waals surface area contributed by atoms with Crippen LogP contribution >= 0.6 is 11.9 Å². The number of carbonyl (C=O) groups is 5. The van der Waals surface area contributed by atoms with Crippen LogP contribution in [0.3, 0.4) is 0 Å². The van der Waals surface area contributed by atoms with E-state index < -0.39 is 54.6 Å². The zero-order chi connectivity index (χ0) is 25.7. The van der Waals surface area contributed by atoms with Crippen molar-refractivity contribution in [1.29, 1.82) is 0 Å². The molecule has 186 valence electrons. The standard InChI is InChI=1S/C21H29N5O7S/c22-14(11-34-24)13-4-1-12(2-5-13)3-8-17(27)25-16(7-10-19(30)31)21(33)26-15(20(23)32)6-9-18(28)29/h1-2,4-5,11,15-16H,3,6-10,22,24H2,(H2,23,32)(H,25,27)(H,26,33)(H,28,29)(H,30,31)/b14-11-/t15-,16?/m0/s1. The number of amides is 3. The lowest BCUT2D eigenvalue weighted by atomic mass is 10.0. The van der Waals surface area contributed by atoms with Gasteiger partial charge < -0.3 is 32.3 Å². The summed E-state index contributed by atoms with van der Waals surface area (Å²) in [4.78, 5) is 58.2. The van der Waals surface area contributed by atoms with Crippen molar-refractivity contribution in [2.75, 3.05) is 0 Å². The second-order valence-corrected chi connectivity index (χ2v) is 7.86. The van der Waals surface area contributed by atoms with Gasteiger partial charge in [-0.2, -0.15) is 0 Å². The quantitative estimate of drug-likeness (QED) is 0.157. The minimum absolute atomic E-state index is 0.0123. The third-order valence-corrected chi connectivity index (χ3v) is 5.12. The lowest BCUT2D eigenvalue weighted by Crippen LogP contribution is -2.53. The lowest BCUT2D eigenvalue weighted by molar-refractivity contribution is -0.139. The fourth-order valence-corrected chi connectivity index (χ4v) is 3.17. The second kappa shape index (κ2) is 14.5. The number of primary amides is 1. The molecule has 0 aliphatic carbocycles. The molecule has 1 aromatic rings. The van der Waals surface area contributed by atoms with E-state index in [1.54, 1.807) is 29.7 Å². The van der Waals surface area contributed by atoms with Crippen LogP contribution in [0.25, 0.3) is 5.70 Å². The fraction of sp³-hybridized carbons (Fsp3) is 0.381. The van der Waals surface area contributed by atoms with E-state index in [1.807, 2.05) is 0 Å². The molecule has 0 radical (unpaired) electrons. The molecule has 1 unspecified atom stereocenters. The van der Waals surface area contributed by atoms with Gasteiger partial charge in [0, 0.05) is 30.4 Å². The molecule has 0 fully saturated rings. The van der Waals surface area contributed by atoms with Crippen LogP contribution in [0.2, 0.25) is 0 Å². The molecule has 0 aromatic heterocycles. The second-order valence-electron chi connectivity index (χ2n) is 7.35. The molecule has 34 heavy (non-hydrogen) atoms. The Bertz CT molecular complexity index is 921. The average Bonchev–Trinajstić information content (AvgIpc) is 2.77. The fourth-order valence-electron chi connectivity index (χ4n) is 2.89. The molecule has 0 saturated carbocycles. The predicted octanol–water partition coefficient (Wildman–Crippen LogP) is -0.332. The van der Waals surface area contributed by atoms with Crippen LogP contribution in [0.4, 0.5) is 0 Å². The molecule has 10 N–H and O–H groups in total. The number of carboxylic acid groups (broad SMARTS) is 2. The van der Waals surface area contributed by atoms with Gasteiger partial charge in [0.05, 0.1) is 0 Å². The van der Waals surface area contributed by atoms with Gasteiger partial charge in [0.2, 0.25) is 17.7 Å². The summed E-state index contributed by atoms with van der Waals surface area (Å²) in [6.45, 7) is 0. The van der Waals surface area contributed by atoms with Crippen LogP contribution < -0.4 is 27.2 Å². The minimum atomic E-state index is -1.27. The van der Waals surface area contributed by atoms with Crippen LogP contribution in [-0.2, 0) is 30.4 Å². The van der Waals surface area contributed by atoms with Crippen LogP contribution in [-0.4, -0.2) is 52.0 Å². The maximum absolute atomic E-state index is 12.6. The first kappa shape index (κ1) is 28.5. The van der Waals surface area contributed by atoms with Gasteiger partial charge in [-0.15, -0.1) is 0 Å². The highest BCUT2D eigenvalue weighted by Gasteiger charge is 2.26. The Morgan fingerprint density at radius 2 is 1.44 bits per heavy atom. The number of aryl methyl sites for hydroxylation is 1. The van der Waals surface area contributed by atoms with Crippen molar-refractivity contribution in [1.82, 2.24) is 10.6 Å². The Morgan fingerprint density at radius 3 is 1.94 bits per heavy atom. The summed E-state index contributed by atoms with van der Waals surface area (Å²) in [5.74, 6) is -4.63.